The number of hydrogen-bond acceptors (Lipinski definition) is 5. The van der Waals surface area contributed by atoms with E-state index in [0.29, 0.717) is 30.7 Å². The average Bonchev–Trinajstić information content (AvgIpc) is 3.21. The summed E-state index contributed by atoms with van der Waals surface area (Å²) in [6.45, 7) is 15.3. The van der Waals surface area contributed by atoms with Crippen LogP contribution < -0.4 is 4.74 Å². The van der Waals surface area contributed by atoms with Gasteiger partial charge in [-0.15, -0.1) is 12.4 Å². The molecule has 1 unspecified atom stereocenters. The van der Waals surface area contributed by atoms with Crippen LogP contribution in [0, 0.1) is 0 Å². The van der Waals surface area contributed by atoms with Crippen LogP contribution in [0.15, 0.2) is 47.1 Å². The Hall–Kier alpha value is -2.54. The van der Waals surface area contributed by atoms with E-state index >= 15 is 0 Å². The summed E-state index contributed by atoms with van der Waals surface area (Å²) >= 11 is 0. The largest absolute Gasteiger partial charge is 0.507 e. The van der Waals surface area contributed by atoms with Crippen LogP contribution in [-0.2, 0) is 17.3 Å². The molecular weight excluding hydrogens is 476 g/mol. The predicted octanol–water partition coefficient (Wildman–Crippen LogP) is 6.48. The zero-order valence-corrected chi connectivity index (χ0v) is 23.9. The van der Waals surface area contributed by atoms with Gasteiger partial charge in [0.2, 0.25) is 5.89 Å². The normalized spacial score (nSPS) is 12.6. The summed E-state index contributed by atoms with van der Waals surface area (Å²) in [4.78, 5) is 6.89. The summed E-state index contributed by atoms with van der Waals surface area (Å²) in [7, 11) is 4.15. The molecule has 0 spiro atoms. The molecule has 1 aromatic heterocycles. The lowest BCUT2D eigenvalue weighted by Crippen LogP contribution is -2.17. The number of ether oxygens (including phenoxy) is 1. The average molecular weight is 519 g/mol. The first kappa shape index (κ1) is 31.5. The molecule has 0 amide bonds. The number of aromatic nitrogens is 1. The number of halogens is 1. The molecular formula is C29H43ClN2O4. The van der Waals surface area contributed by atoms with Crippen LogP contribution in [0.2, 0.25) is 0 Å². The highest BCUT2D eigenvalue weighted by atomic mass is 35.5. The fourth-order valence-corrected chi connectivity index (χ4v) is 3.87. The van der Waals surface area contributed by atoms with Gasteiger partial charge in [0.25, 0.3) is 0 Å². The second-order valence-corrected chi connectivity index (χ2v) is 11.4. The smallest absolute Gasteiger partial charge is 0.226 e. The molecule has 6 nitrogen and oxygen atoms in total. The number of oxazole rings is 1. The first-order chi connectivity index (χ1) is 15.8. The lowest BCUT2D eigenvalue weighted by molar-refractivity contribution is 0.314. The Bertz CT molecular complexity index is 1070. The summed E-state index contributed by atoms with van der Waals surface area (Å²) in [6, 6.07) is 12.6. The Labute approximate surface area is 222 Å². The molecule has 3 aromatic rings. The molecule has 3 N–H and O–H groups in total. The van der Waals surface area contributed by atoms with Crippen molar-refractivity contribution in [3.05, 3.63) is 65.0 Å². The standard InChI is InChI=1S/C29H40N2O3.ClH.H2O/c1-19(31(8)9)20-10-12-23(13-11-20)33-15-14-22-18-34-27(30-22)21-16-24(28(2,3)4)26(32)25(17-21)29(5,6)7;;/h10-13,16-19,32H,14-15H2,1-9H3;1H;1H2. The second kappa shape index (κ2) is 12.1. The summed E-state index contributed by atoms with van der Waals surface area (Å²) in [5, 5.41) is 11.0. The predicted molar refractivity (Wildman–Crippen MR) is 150 cm³/mol. The number of hydrogen-bond donors (Lipinski definition) is 1. The highest BCUT2D eigenvalue weighted by Crippen LogP contribution is 2.41. The summed E-state index contributed by atoms with van der Waals surface area (Å²) < 4.78 is 11.8. The number of phenols is 1. The zero-order valence-electron chi connectivity index (χ0n) is 23.1. The van der Waals surface area contributed by atoms with Gasteiger partial charge in [-0.25, -0.2) is 4.98 Å². The van der Waals surface area contributed by atoms with Crippen LogP contribution in [-0.4, -0.2) is 41.2 Å². The molecule has 1 heterocycles. The second-order valence-electron chi connectivity index (χ2n) is 11.4. The number of aromatic hydroxyl groups is 1. The molecule has 3 rings (SSSR count). The number of rotatable bonds is 7. The molecule has 0 saturated carbocycles. The van der Waals surface area contributed by atoms with Crippen molar-refractivity contribution in [2.75, 3.05) is 20.7 Å². The van der Waals surface area contributed by atoms with Crippen molar-refractivity contribution in [2.45, 2.75) is 71.8 Å². The summed E-state index contributed by atoms with van der Waals surface area (Å²) in [6.07, 6.45) is 2.34. The Morgan fingerprint density at radius 1 is 0.972 bits per heavy atom. The summed E-state index contributed by atoms with van der Waals surface area (Å²) in [5.74, 6) is 1.77. The number of nitrogens with zero attached hydrogens (tertiary/aromatic N) is 2. The third-order valence-electron chi connectivity index (χ3n) is 6.29. The highest BCUT2D eigenvalue weighted by Gasteiger charge is 2.27. The van der Waals surface area contributed by atoms with E-state index in [2.05, 4.69) is 79.6 Å². The van der Waals surface area contributed by atoms with E-state index in [1.165, 1.54) is 5.56 Å². The molecule has 200 valence electrons. The van der Waals surface area contributed by atoms with E-state index in [-0.39, 0.29) is 28.7 Å². The molecule has 36 heavy (non-hydrogen) atoms. The first-order valence-corrected chi connectivity index (χ1v) is 12.0. The van der Waals surface area contributed by atoms with Gasteiger partial charge in [-0.3, -0.25) is 0 Å². The minimum absolute atomic E-state index is 0. The third-order valence-corrected chi connectivity index (χ3v) is 6.29. The van der Waals surface area contributed by atoms with Crippen LogP contribution >= 0.6 is 12.4 Å². The van der Waals surface area contributed by atoms with Crippen molar-refractivity contribution in [1.29, 1.82) is 0 Å². The number of phenolic OH excluding ortho intramolecular Hbond substituents is 1. The minimum Gasteiger partial charge on any atom is -0.507 e. The fraction of sp³-hybridized carbons (Fsp3) is 0.483. The molecule has 0 radical (unpaired) electrons. The highest BCUT2D eigenvalue weighted by molar-refractivity contribution is 5.85. The molecule has 0 bridgehead atoms. The van der Waals surface area contributed by atoms with Crippen molar-refractivity contribution < 1.29 is 19.7 Å². The van der Waals surface area contributed by atoms with Crippen LogP contribution in [0.5, 0.6) is 11.5 Å². The van der Waals surface area contributed by atoms with Gasteiger partial charge in [-0.05, 0) is 61.7 Å². The SMILES string of the molecule is CC(c1ccc(OCCc2coc(-c3cc(C(C)(C)C)c(O)c(C(C)(C)C)c3)n2)cc1)N(C)C.Cl.O. The Morgan fingerprint density at radius 2 is 1.50 bits per heavy atom. The van der Waals surface area contributed by atoms with Crippen molar-refractivity contribution >= 4 is 12.4 Å². The van der Waals surface area contributed by atoms with Crippen LogP contribution in [0.4, 0.5) is 0 Å². The lowest BCUT2D eigenvalue weighted by Gasteiger charge is -2.27. The van der Waals surface area contributed by atoms with Gasteiger partial charge >= 0.3 is 0 Å². The van der Waals surface area contributed by atoms with E-state index in [1.807, 2.05) is 24.3 Å². The zero-order chi connectivity index (χ0) is 25.3. The maximum atomic E-state index is 11.0. The van der Waals surface area contributed by atoms with Crippen molar-refractivity contribution in [3.8, 4) is 23.0 Å². The molecule has 7 heteroatoms. The minimum atomic E-state index is -0.205. The van der Waals surface area contributed by atoms with Crippen molar-refractivity contribution in [1.82, 2.24) is 9.88 Å². The van der Waals surface area contributed by atoms with E-state index in [9.17, 15) is 5.11 Å². The van der Waals surface area contributed by atoms with Gasteiger partial charge in [0, 0.05) is 29.2 Å². The topological polar surface area (TPSA) is 90.2 Å². The Kier molecular flexibility index (Phi) is 10.6. The summed E-state index contributed by atoms with van der Waals surface area (Å²) in [5.41, 5.74) is 4.36. The van der Waals surface area contributed by atoms with Crippen molar-refractivity contribution in [2.24, 2.45) is 0 Å². The van der Waals surface area contributed by atoms with Crippen LogP contribution in [0.25, 0.3) is 11.5 Å². The van der Waals surface area contributed by atoms with Crippen LogP contribution in [0.3, 0.4) is 0 Å². The molecule has 0 aliphatic heterocycles. The molecule has 2 aromatic carbocycles. The lowest BCUT2D eigenvalue weighted by atomic mass is 9.78. The molecule has 0 saturated heterocycles. The molecule has 0 aliphatic rings. The Morgan fingerprint density at radius 3 is 1.97 bits per heavy atom. The molecule has 0 fully saturated rings. The van der Waals surface area contributed by atoms with E-state index in [1.54, 1.807) is 6.26 Å². The third kappa shape index (κ3) is 7.48. The van der Waals surface area contributed by atoms with Crippen molar-refractivity contribution in [3.63, 3.8) is 0 Å². The monoisotopic (exact) mass is 518 g/mol. The maximum absolute atomic E-state index is 11.0. The van der Waals surface area contributed by atoms with Gasteiger partial charge in [0.15, 0.2) is 0 Å². The molecule has 0 aliphatic carbocycles. The van der Waals surface area contributed by atoms with Gasteiger partial charge < -0.3 is 24.6 Å². The van der Waals surface area contributed by atoms with Crippen LogP contribution in [0.1, 0.15) is 76.9 Å². The maximum Gasteiger partial charge on any atom is 0.226 e. The van der Waals surface area contributed by atoms with E-state index < -0.39 is 0 Å². The fourth-order valence-electron chi connectivity index (χ4n) is 3.87. The van der Waals surface area contributed by atoms with Gasteiger partial charge in [-0.1, -0.05) is 53.7 Å². The number of benzene rings is 2. The van der Waals surface area contributed by atoms with Gasteiger partial charge in [0.1, 0.15) is 17.8 Å². The van der Waals surface area contributed by atoms with E-state index in [0.717, 1.165) is 28.1 Å². The Balaban J connectivity index is 0.00000324. The quantitative estimate of drug-likeness (QED) is 0.386. The van der Waals surface area contributed by atoms with Gasteiger partial charge in [-0.2, -0.15) is 0 Å². The van der Waals surface area contributed by atoms with Gasteiger partial charge in [0.05, 0.1) is 12.3 Å². The molecule has 1 atom stereocenters. The van der Waals surface area contributed by atoms with E-state index in [4.69, 9.17) is 14.1 Å². The first-order valence-electron chi connectivity index (χ1n) is 12.0.